The van der Waals surface area contributed by atoms with Gasteiger partial charge in [0.1, 0.15) is 11.4 Å². The Kier molecular flexibility index (Phi) is 5.74. The fourth-order valence-electron chi connectivity index (χ4n) is 4.74. The third kappa shape index (κ3) is 4.17. The first-order valence-corrected chi connectivity index (χ1v) is 10.6. The van der Waals surface area contributed by atoms with Crippen molar-refractivity contribution in [2.45, 2.75) is 63.6 Å². The number of amides is 2. The number of hydrogen-bond donors (Lipinski definition) is 1. The van der Waals surface area contributed by atoms with Crippen LogP contribution in [0, 0.1) is 6.92 Å². The van der Waals surface area contributed by atoms with E-state index in [1.165, 1.54) is 0 Å². The fourth-order valence-corrected chi connectivity index (χ4v) is 4.74. The molecule has 2 amide bonds. The van der Waals surface area contributed by atoms with Crippen molar-refractivity contribution in [3.63, 3.8) is 0 Å². The number of nitrogens with one attached hydrogen (secondary N) is 1. The standard InChI is InChI=1S/C22H29N5O3/c1-14-20(25-30-24-14)13-21(28)23-16-11-18-8-5-9-19(12-16)27(18)22(29)15-6-4-7-17(10-15)26(2)3/h4,6-7,10,16,18-19H,5,8-9,11-13H2,1-3H3,(H,23,28)/t16?,18-,19+. The topological polar surface area (TPSA) is 91.6 Å². The molecule has 4 rings (SSSR count). The summed E-state index contributed by atoms with van der Waals surface area (Å²) in [5.74, 6) is 0.0257. The summed E-state index contributed by atoms with van der Waals surface area (Å²) in [7, 11) is 3.95. The van der Waals surface area contributed by atoms with Gasteiger partial charge in [0.15, 0.2) is 0 Å². The molecule has 8 nitrogen and oxygen atoms in total. The Labute approximate surface area is 176 Å². The summed E-state index contributed by atoms with van der Waals surface area (Å²) >= 11 is 0. The van der Waals surface area contributed by atoms with Crippen molar-refractivity contribution < 1.29 is 14.2 Å². The lowest BCUT2D eigenvalue weighted by atomic mass is 9.81. The molecule has 2 saturated heterocycles. The lowest BCUT2D eigenvalue weighted by molar-refractivity contribution is -0.121. The molecule has 2 aliphatic heterocycles. The van der Waals surface area contributed by atoms with Gasteiger partial charge in [0.25, 0.3) is 5.91 Å². The van der Waals surface area contributed by atoms with Crippen molar-refractivity contribution in [1.29, 1.82) is 0 Å². The summed E-state index contributed by atoms with van der Waals surface area (Å²) in [5.41, 5.74) is 2.96. The summed E-state index contributed by atoms with van der Waals surface area (Å²) in [5, 5.41) is 10.7. The van der Waals surface area contributed by atoms with Gasteiger partial charge < -0.3 is 15.1 Å². The van der Waals surface area contributed by atoms with Crippen molar-refractivity contribution in [2.24, 2.45) is 0 Å². The van der Waals surface area contributed by atoms with Crippen LogP contribution >= 0.6 is 0 Å². The Hall–Kier alpha value is -2.90. The van der Waals surface area contributed by atoms with Gasteiger partial charge >= 0.3 is 0 Å². The number of hydrogen-bond acceptors (Lipinski definition) is 6. The Morgan fingerprint density at radius 2 is 1.93 bits per heavy atom. The molecule has 1 N–H and O–H groups in total. The largest absolute Gasteiger partial charge is 0.378 e. The molecule has 30 heavy (non-hydrogen) atoms. The number of aromatic nitrogens is 2. The van der Waals surface area contributed by atoms with Gasteiger partial charge in [0, 0.05) is 43.5 Å². The minimum atomic E-state index is -0.0738. The highest BCUT2D eigenvalue weighted by molar-refractivity contribution is 5.95. The first kappa shape index (κ1) is 20.4. The summed E-state index contributed by atoms with van der Waals surface area (Å²) in [6.45, 7) is 1.78. The molecule has 0 spiro atoms. The average molecular weight is 412 g/mol. The minimum Gasteiger partial charge on any atom is -0.378 e. The van der Waals surface area contributed by atoms with E-state index in [1.807, 2.05) is 43.3 Å². The van der Waals surface area contributed by atoms with Crippen LogP contribution in [0.1, 0.15) is 53.8 Å². The molecular weight excluding hydrogens is 382 g/mol. The number of carbonyl (C=O) groups excluding carboxylic acids is 2. The van der Waals surface area contributed by atoms with Crippen LogP contribution < -0.4 is 10.2 Å². The van der Waals surface area contributed by atoms with E-state index in [1.54, 1.807) is 6.92 Å². The van der Waals surface area contributed by atoms with Gasteiger partial charge in [-0.1, -0.05) is 16.4 Å². The lowest BCUT2D eigenvalue weighted by Gasteiger charge is -2.49. The lowest BCUT2D eigenvalue weighted by Crippen LogP contribution is -2.58. The minimum absolute atomic E-state index is 0.0738. The molecule has 2 fully saturated rings. The zero-order valence-corrected chi connectivity index (χ0v) is 17.8. The number of aryl methyl sites for hydroxylation is 1. The monoisotopic (exact) mass is 411 g/mol. The molecule has 8 heteroatoms. The van der Waals surface area contributed by atoms with Gasteiger partial charge in [-0.2, -0.15) is 0 Å². The molecule has 0 radical (unpaired) electrons. The molecule has 1 unspecified atom stereocenters. The molecule has 3 heterocycles. The van der Waals surface area contributed by atoms with E-state index >= 15 is 0 Å². The van der Waals surface area contributed by atoms with E-state index in [-0.39, 0.29) is 36.4 Å². The summed E-state index contributed by atoms with van der Waals surface area (Å²) in [4.78, 5) is 29.9. The maximum absolute atomic E-state index is 13.4. The SMILES string of the molecule is Cc1nonc1CC(=O)NC1C[C@H]2CCC[C@@H](C1)N2C(=O)c1cccc(N(C)C)c1. The van der Waals surface area contributed by atoms with Crippen LogP contribution in [0.25, 0.3) is 0 Å². The molecular formula is C22H29N5O3. The third-order valence-corrected chi connectivity index (χ3v) is 6.26. The van der Waals surface area contributed by atoms with Crippen LogP contribution in [-0.4, -0.2) is 59.2 Å². The van der Waals surface area contributed by atoms with Crippen molar-refractivity contribution in [2.75, 3.05) is 19.0 Å². The summed E-state index contributed by atoms with van der Waals surface area (Å²) in [6, 6.07) is 8.19. The number of carbonyl (C=O) groups is 2. The molecule has 3 atom stereocenters. The Morgan fingerprint density at radius 1 is 1.20 bits per heavy atom. The van der Waals surface area contributed by atoms with Gasteiger partial charge in [0.05, 0.1) is 6.42 Å². The molecule has 2 aliphatic rings. The first-order chi connectivity index (χ1) is 14.4. The van der Waals surface area contributed by atoms with E-state index in [0.717, 1.165) is 43.4 Å². The second-order valence-corrected chi connectivity index (χ2v) is 8.60. The third-order valence-electron chi connectivity index (χ3n) is 6.26. The summed E-state index contributed by atoms with van der Waals surface area (Å²) in [6.07, 6.45) is 4.83. The van der Waals surface area contributed by atoms with Crippen molar-refractivity contribution >= 4 is 17.5 Å². The normalized spacial score (nSPS) is 23.2. The number of piperidine rings is 2. The second-order valence-electron chi connectivity index (χ2n) is 8.60. The maximum atomic E-state index is 13.4. The van der Waals surface area contributed by atoms with E-state index in [4.69, 9.17) is 0 Å². The molecule has 0 saturated carbocycles. The van der Waals surface area contributed by atoms with Crippen molar-refractivity contribution in [1.82, 2.24) is 20.5 Å². The van der Waals surface area contributed by atoms with Crippen molar-refractivity contribution in [3.05, 3.63) is 41.2 Å². The van der Waals surface area contributed by atoms with Gasteiger partial charge in [-0.25, -0.2) is 4.63 Å². The first-order valence-electron chi connectivity index (χ1n) is 10.6. The molecule has 1 aromatic heterocycles. The van der Waals surface area contributed by atoms with Crippen LogP contribution in [0.15, 0.2) is 28.9 Å². The van der Waals surface area contributed by atoms with E-state index in [2.05, 4.69) is 25.2 Å². The van der Waals surface area contributed by atoms with Gasteiger partial charge in [0.2, 0.25) is 5.91 Å². The van der Waals surface area contributed by atoms with Crippen LogP contribution in [0.5, 0.6) is 0 Å². The number of benzene rings is 1. The molecule has 160 valence electrons. The number of rotatable bonds is 5. The van der Waals surface area contributed by atoms with E-state index in [9.17, 15) is 9.59 Å². The zero-order chi connectivity index (χ0) is 21.3. The Bertz CT molecular complexity index is 911. The predicted molar refractivity (Wildman–Crippen MR) is 112 cm³/mol. The zero-order valence-electron chi connectivity index (χ0n) is 17.8. The second kappa shape index (κ2) is 8.45. The highest BCUT2D eigenvalue weighted by atomic mass is 16.6. The molecule has 1 aromatic carbocycles. The Morgan fingerprint density at radius 3 is 2.57 bits per heavy atom. The molecule has 2 aromatic rings. The average Bonchev–Trinajstić information content (AvgIpc) is 3.11. The van der Waals surface area contributed by atoms with Gasteiger partial charge in [-0.15, -0.1) is 0 Å². The molecule has 2 bridgehead atoms. The maximum Gasteiger partial charge on any atom is 0.254 e. The van der Waals surface area contributed by atoms with E-state index in [0.29, 0.717) is 11.4 Å². The Balaban J connectivity index is 1.43. The van der Waals surface area contributed by atoms with Crippen molar-refractivity contribution in [3.8, 4) is 0 Å². The predicted octanol–water partition coefficient (Wildman–Crippen LogP) is 2.33. The number of nitrogens with zero attached hydrogens (tertiary/aromatic N) is 4. The quantitative estimate of drug-likeness (QED) is 0.812. The van der Waals surface area contributed by atoms with Gasteiger partial charge in [-0.05, 0) is 57.2 Å². The van der Waals surface area contributed by atoms with Crippen LogP contribution in [0.2, 0.25) is 0 Å². The van der Waals surface area contributed by atoms with Crippen LogP contribution in [-0.2, 0) is 11.2 Å². The molecule has 0 aliphatic carbocycles. The smallest absolute Gasteiger partial charge is 0.254 e. The number of fused-ring (bicyclic) bond motifs is 2. The van der Waals surface area contributed by atoms with Crippen LogP contribution in [0.4, 0.5) is 5.69 Å². The number of anilines is 1. The van der Waals surface area contributed by atoms with E-state index < -0.39 is 0 Å². The highest BCUT2D eigenvalue weighted by Gasteiger charge is 2.41. The highest BCUT2D eigenvalue weighted by Crippen LogP contribution is 2.35. The summed E-state index contributed by atoms with van der Waals surface area (Å²) < 4.78 is 4.68. The fraction of sp³-hybridized carbons (Fsp3) is 0.545. The van der Waals surface area contributed by atoms with Gasteiger partial charge in [-0.3, -0.25) is 9.59 Å². The van der Waals surface area contributed by atoms with Crippen LogP contribution in [0.3, 0.4) is 0 Å².